The van der Waals surface area contributed by atoms with E-state index in [0.717, 1.165) is 25.2 Å². The van der Waals surface area contributed by atoms with Crippen LogP contribution in [0.4, 0.5) is 0 Å². The quantitative estimate of drug-likeness (QED) is 0.508. The van der Waals surface area contributed by atoms with Gasteiger partial charge in [-0.2, -0.15) is 0 Å². The molecule has 4 nitrogen and oxygen atoms in total. The van der Waals surface area contributed by atoms with Crippen LogP contribution in [0.25, 0.3) is 0 Å². The fourth-order valence-electron chi connectivity index (χ4n) is 4.09. The van der Waals surface area contributed by atoms with Crippen molar-refractivity contribution in [2.24, 2.45) is 5.16 Å². The molecule has 1 saturated heterocycles. The van der Waals surface area contributed by atoms with Gasteiger partial charge in [0.15, 0.2) is 0 Å². The molecule has 3 rings (SSSR count). The SMILES string of the molecule is CCO/N=C1\CCCOC1CO[Si](c1ccccc1)(c1ccccc1)C(C)(C)C. The first kappa shape index (κ1) is 21.7. The number of hydrogen-bond acceptors (Lipinski definition) is 4. The Labute approximate surface area is 176 Å². The molecule has 0 N–H and O–H groups in total. The monoisotopic (exact) mass is 411 g/mol. The lowest BCUT2D eigenvalue weighted by molar-refractivity contribution is 0.0401. The highest BCUT2D eigenvalue weighted by Crippen LogP contribution is 2.37. The Morgan fingerprint density at radius 3 is 2.10 bits per heavy atom. The molecule has 29 heavy (non-hydrogen) atoms. The second-order valence-corrected chi connectivity index (χ2v) is 12.7. The van der Waals surface area contributed by atoms with Crippen molar-refractivity contribution in [3.63, 3.8) is 0 Å². The number of ether oxygens (including phenoxy) is 1. The van der Waals surface area contributed by atoms with E-state index in [1.165, 1.54) is 10.4 Å². The summed E-state index contributed by atoms with van der Waals surface area (Å²) in [5.41, 5.74) is 0.955. The Morgan fingerprint density at radius 1 is 1.00 bits per heavy atom. The minimum absolute atomic E-state index is 0.0540. The summed E-state index contributed by atoms with van der Waals surface area (Å²) in [6, 6.07) is 21.4. The topological polar surface area (TPSA) is 40.0 Å². The standard InChI is InChI=1S/C24H33NO3Si/c1-5-27-25-22-17-12-18-26-23(22)19-28-29(24(2,3)4,20-13-8-6-9-14-20)21-15-10-7-11-16-21/h6-11,13-16,23H,5,12,17-19H2,1-4H3/b25-22+. The van der Waals surface area contributed by atoms with Gasteiger partial charge >= 0.3 is 0 Å². The Kier molecular flexibility index (Phi) is 7.27. The minimum atomic E-state index is -2.57. The average molecular weight is 412 g/mol. The van der Waals surface area contributed by atoms with Crippen LogP contribution < -0.4 is 10.4 Å². The highest BCUT2D eigenvalue weighted by Gasteiger charge is 2.50. The summed E-state index contributed by atoms with van der Waals surface area (Å²) >= 11 is 0. The summed E-state index contributed by atoms with van der Waals surface area (Å²) in [6.07, 6.45) is 1.72. The molecule has 1 aliphatic heterocycles. The van der Waals surface area contributed by atoms with Gasteiger partial charge in [-0.1, -0.05) is 86.6 Å². The van der Waals surface area contributed by atoms with Gasteiger partial charge in [0.2, 0.25) is 0 Å². The number of nitrogens with zero attached hydrogens (tertiary/aromatic N) is 1. The molecule has 156 valence electrons. The molecule has 1 fully saturated rings. The van der Waals surface area contributed by atoms with Crippen molar-refractivity contribution in [2.75, 3.05) is 19.8 Å². The van der Waals surface area contributed by atoms with Crippen LogP contribution in [-0.2, 0) is 14.0 Å². The van der Waals surface area contributed by atoms with E-state index in [0.29, 0.717) is 13.2 Å². The lowest BCUT2D eigenvalue weighted by Crippen LogP contribution is -2.67. The van der Waals surface area contributed by atoms with E-state index in [1.54, 1.807) is 0 Å². The molecular formula is C24H33NO3Si. The molecular weight excluding hydrogens is 378 g/mol. The van der Waals surface area contributed by atoms with Crippen molar-refractivity contribution in [1.82, 2.24) is 0 Å². The molecule has 0 amide bonds. The Hall–Kier alpha value is -1.95. The zero-order chi connectivity index (χ0) is 20.7. The molecule has 0 radical (unpaired) electrons. The number of oxime groups is 1. The van der Waals surface area contributed by atoms with Gasteiger partial charge in [0, 0.05) is 6.61 Å². The Bertz CT molecular complexity index is 747. The highest BCUT2D eigenvalue weighted by atomic mass is 28.4. The van der Waals surface area contributed by atoms with Crippen molar-refractivity contribution in [3.05, 3.63) is 60.7 Å². The molecule has 2 aromatic rings. The zero-order valence-corrected chi connectivity index (χ0v) is 19.1. The van der Waals surface area contributed by atoms with Crippen molar-refractivity contribution in [2.45, 2.75) is 51.7 Å². The maximum absolute atomic E-state index is 6.99. The second kappa shape index (κ2) is 9.70. The third-order valence-corrected chi connectivity index (χ3v) is 10.5. The Balaban J connectivity index is 1.99. The second-order valence-electron chi connectivity index (χ2n) is 8.44. The van der Waals surface area contributed by atoms with Crippen molar-refractivity contribution < 1.29 is 14.0 Å². The van der Waals surface area contributed by atoms with Crippen molar-refractivity contribution in [3.8, 4) is 0 Å². The molecule has 1 heterocycles. The largest absolute Gasteiger partial charge is 0.404 e. The maximum atomic E-state index is 6.99. The van der Waals surface area contributed by atoms with Gasteiger partial charge in [0.05, 0.1) is 12.3 Å². The molecule has 0 bridgehead atoms. The first-order valence-electron chi connectivity index (χ1n) is 10.5. The normalized spacial score (nSPS) is 19.3. The van der Waals surface area contributed by atoms with E-state index in [4.69, 9.17) is 14.0 Å². The maximum Gasteiger partial charge on any atom is 0.261 e. The molecule has 0 saturated carbocycles. The van der Waals surface area contributed by atoms with E-state index < -0.39 is 8.32 Å². The fraction of sp³-hybridized carbons (Fsp3) is 0.458. The van der Waals surface area contributed by atoms with Crippen LogP contribution in [0.2, 0.25) is 5.04 Å². The molecule has 1 unspecified atom stereocenters. The summed E-state index contributed by atoms with van der Waals surface area (Å²) in [4.78, 5) is 5.34. The van der Waals surface area contributed by atoms with Gasteiger partial charge in [-0.25, -0.2) is 0 Å². The van der Waals surface area contributed by atoms with Gasteiger partial charge in [0.25, 0.3) is 8.32 Å². The lowest BCUT2D eigenvalue weighted by Gasteiger charge is -2.44. The Morgan fingerprint density at radius 2 is 1.59 bits per heavy atom. The lowest BCUT2D eigenvalue weighted by atomic mass is 10.1. The summed E-state index contributed by atoms with van der Waals surface area (Å²) < 4.78 is 13.0. The van der Waals surface area contributed by atoms with Crippen LogP contribution in [0.3, 0.4) is 0 Å². The zero-order valence-electron chi connectivity index (χ0n) is 18.1. The molecule has 0 aromatic heterocycles. The summed E-state index contributed by atoms with van der Waals surface area (Å²) in [6.45, 7) is 10.6. The van der Waals surface area contributed by atoms with E-state index in [2.05, 4.69) is 86.6 Å². The van der Waals surface area contributed by atoms with Gasteiger partial charge in [-0.05, 0) is 35.2 Å². The average Bonchev–Trinajstić information content (AvgIpc) is 2.74. The van der Waals surface area contributed by atoms with Gasteiger partial charge in [-0.3, -0.25) is 0 Å². The van der Waals surface area contributed by atoms with Gasteiger partial charge in [0.1, 0.15) is 12.7 Å². The predicted molar refractivity (Wildman–Crippen MR) is 122 cm³/mol. The van der Waals surface area contributed by atoms with Crippen LogP contribution in [0, 0.1) is 0 Å². The third kappa shape index (κ3) is 4.79. The van der Waals surface area contributed by atoms with E-state index >= 15 is 0 Å². The molecule has 0 aliphatic carbocycles. The molecule has 0 spiro atoms. The highest BCUT2D eigenvalue weighted by molar-refractivity contribution is 6.99. The van der Waals surface area contributed by atoms with Crippen LogP contribution in [0.15, 0.2) is 65.8 Å². The van der Waals surface area contributed by atoms with Crippen LogP contribution in [-0.4, -0.2) is 40.0 Å². The smallest absolute Gasteiger partial charge is 0.261 e. The van der Waals surface area contributed by atoms with Crippen LogP contribution in [0.5, 0.6) is 0 Å². The predicted octanol–water partition coefficient (Wildman–Crippen LogP) is 4.13. The fourth-order valence-corrected chi connectivity index (χ4v) is 8.65. The summed E-state index contributed by atoms with van der Waals surface area (Å²) in [5, 5.41) is 6.82. The third-order valence-electron chi connectivity index (χ3n) is 5.45. The van der Waals surface area contributed by atoms with E-state index in [-0.39, 0.29) is 11.1 Å². The van der Waals surface area contributed by atoms with E-state index in [9.17, 15) is 0 Å². The first-order chi connectivity index (χ1) is 14.0. The van der Waals surface area contributed by atoms with Crippen molar-refractivity contribution >= 4 is 24.4 Å². The summed E-state index contributed by atoms with van der Waals surface area (Å²) in [7, 11) is -2.57. The molecule has 1 atom stereocenters. The molecule has 1 aliphatic rings. The number of hydrogen-bond donors (Lipinski definition) is 0. The minimum Gasteiger partial charge on any atom is -0.404 e. The van der Waals surface area contributed by atoms with Gasteiger partial charge in [-0.15, -0.1) is 0 Å². The first-order valence-corrected chi connectivity index (χ1v) is 12.4. The molecule has 5 heteroatoms. The van der Waals surface area contributed by atoms with Crippen LogP contribution in [0.1, 0.15) is 40.5 Å². The molecule has 2 aromatic carbocycles. The van der Waals surface area contributed by atoms with E-state index in [1.807, 2.05) is 6.92 Å². The number of benzene rings is 2. The van der Waals surface area contributed by atoms with Crippen molar-refractivity contribution in [1.29, 1.82) is 0 Å². The van der Waals surface area contributed by atoms with Gasteiger partial charge < -0.3 is 14.0 Å². The summed E-state index contributed by atoms with van der Waals surface area (Å²) in [5.74, 6) is 0. The van der Waals surface area contributed by atoms with Crippen LogP contribution >= 0.6 is 0 Å². The number of rotatable bonds is 7.